The molecular formula is C12H15N3O4. The number of anilines is 1. The van der Waals surface area contributed by atoms with Crippen molar-refractivity contribution in [2.75, 3.05) is 25.0 Å². The van der Waals surface area contributed by atoms with Crippen LogP contribution in [0.3, 0.4) is 0 Å². The predicted octanol–water partition coefficient (Wildman–Crippen LogP) is 0.0332. The highest BCUT2D eigenvalue weighted by molar-refractivity contribution is 5.96. The van der Waals surface area contributed by atoms with Crippen molar-refractivity contribution in [1.82, 2.24) is 10.6 Å². The smallest absolute Gasteiger partial charge is 0.323 e. The molecule has 1 aromatic rings. The summed E-state index contributed by atoms with van der Waals surface area (Å²) in [6.45, 7) is -0.547. The standard InChI is InChI=1S/C12H15N3O4/c1-13-12(19)14-10(16)7-15(8-11(17)18)9-5-3-2-4-6-9/h2-6H,7-8H2,1H3,(H,17,18)(H2,13,14,16,19). The number of carboxylic acid groups (broad SMARTS) is 1. The molecule has 1 rings (SSSR count). The maximum atomic E-state index is 11.6. The topological polar surface area (TPSA) is 98.7 Å². The molecule has 0 aliphatic heterocycles. The molecule has 0 atom stereocenters. The number of amides is 3. The van der Waals surface area contributed by atoms with E-state index in [-0.39, 0.29) is 13.1 Å². The van der Waals surface area contributed by atoms with Gasteiger partial charge in [0, 0.05) is 12.7 Å². The van der Waals surface area contributed by atoms with E-state index < -0.39 is 17.9 Å². The Morgan fingerprint density at radius 1 is 1.16 bits per heavy atom. The normalized spacial score (nSPS) is 9.53. The van der Waals surface area contributed by atoms with Crippen molar-refractivity contribution >= 4 is 23.6 Å². The van der Waals surface area contributed by atoms with Gasteiger partial charge in [0.15, 0.2) is 0 Å². The summed E-state index contributed by atoms with van der Waals surface area (Å²) in [5, 5.41) is 13.2. The summed E-state index contributed by atoms with van der Waals surface area (Å²) in [5.74, 6) is -1.64. The maximum Gasteiger partial charge on any atom is 0.323 e. The third kappa shape index (κ3) is 5.07. The van der Waals surface area contributed by atoms with E-state index in [1.165, 1.54) is 11.9 Å². The van der Waals surface area contributed by atoms with Crippen LogP contribution in [0.1, 0.15) is 0 Å². The van der Waals surface area contributed by atoms with Gasteiger partial charge in [-0.15, -0.1) is 0 Å². The maximum absolute atomic E-state index is 11.6. The second-order valence-electron chi connectivity index (χ2n) is 3.71. The minimum Gasteiger partial charge on any atom is -0.480 e. The zero-order chi connectivity index (χ0) is 14.3. The summed E-state index contributed by atoms with van der Waals surface area (Å²) in [6.07, 6.45) is 0. The van der Waals surface area contributed by atoms with Crippen LogP contribution in [0.2, 0.25) is 0 Å². The van der Waals surface area contributed by atoms with Crippen LogP contribution in [0.15, 0.2) is 30.3 Å². The number of carbonyl (C=O) groups excluding carboxylic acids is 2. The van der Waals surface area contributed by atoms with E-state index in [1.807, 2.05) is 0 Å². The van der Waals surface area contributed by atoms with Gasteiger partial charge in [-0.3, -0.25) is 14.9 Å². The van der Waals surface area contributed by atoms with Crippen LogP contribution in [0, 0.1) is 0 Å². The highest BCUT2D eigenvalue weighted by Crippen LogP contribution is 2.12. The number of nitrogens with one attached hydrogen (secondary N) is 2. The SMILES string of the molecule is CNC(=O)NC(=O)CN(CC(=O)O)c1ccccc1. The lowest BCUT2D eigenvalue weighted by Gasteiger charge is -2.21. The minimum atomic E-state index is -1.06. The first-order valence-electron chi connectivity index (χ1n) is 5.56. The van der Waals surface area contributed by atoms with Crippen LogP contribution in [0.5, 0.6) is 0 Å². The predicted molar refractivity (Wildman–Crippen MR) is 68.9 cm³/mol. The second kappa shape index (κ2) is 7.00. The van der Waals surface area contributed by atoms with Gasteiger partial charge in [-0.2, -0.15) is 0 Å². The van der Waals surface area contributed by atoms with Crippen LogP contribution in [-0.2, 0) is 9.59 Å². The Labute approximate surface area is 110 Å². The Kier molecular flexibility index (Phi) is 5.34. The van der Waals surface area contributed by atoms with Gasteiger partial charge in [-0.05, 0) is 12.1 Å². The van der Waals surface area contributed by atoms with Gasteiger partial charge in [-0.1, -0.05) is 18.2 Å². The van der Waals surface area contributed by atoms with Crippen LogP contribution in [0.4, 0.5) is 10.5 Å². The van der Waals surface area contributed by atoms with Crippen LogP contribution >= 0.6 is 0 Å². The van der Waals surface area contributed by atoms with Gasteiger partial charge in [0.1, 0.15) is 6.54 Å². The molecule has 1 aromatic carbocycles. The fraction of sp³-hybridized carbons (Fsp3) is 0.250. The van der Waals surface area contributed by atoms with Crippen molar-refractivity contribution in [3.05, 3.63) is 30.3 Å². The van der Waals surface area contributed by atoms with E-state index in [0.29, 0.717) is 5.69 Å². The van der Waals surface area contributed by atoms with Crippen molar-refractivity contribution in [3.63, 3.8) is 0 Å². The van der Waals surface area contributed by atoms with Crippen molar-refractivity contribution in [2.45, 2.75) is 0 Å². The largest absolute Gasteiger partial charge is 0.480 e. The van der Waals surface area contributed by atoms with Gasteiger partial charge in [0.25, 0.3) is 0 Å². The first-order valence-corrected chi connectivity index (χ1v) is 5.56. The highest BCUT2D eigenvalue weighted by Gasteiger charge is 2.15. The van der Waals surface area contributed by atoms with Gasteiger partial charge < -0.3 is 15.3 Å². The number of benzene rings is 1. The number of hydrogen-bond acceptors (Lipinski definition) is 4. The number of para-hydroxylation sites is 1. The Morgan fingerprint density at radius 3 is 2.32 bits per heavy atom. The molecule has 19 heavy (non-hydrogen) atoms. The number of urea groups is 1. The average molecular weight is 265 g/mol. The van der Waals surface area contributed by atoms with E-state index in [1.54, 1.807) is 30.3 Å². The van der Waals surface area contributed by atoms with Crippen molar-refractivity contribution < 1.29 is 19.5 Å². The number of carboxylic acids is 1. The molecule has 0 heterocycles. The molecule has 3 N–H and O–H groups in total. The Bertz CT molecular complexity index is 461. The first-order chi connectivity index (χ1) is 9.02. The Hall–Kier alpha value is -2.57. The Balaban J connectivity index is 2.73. The molecule has 7 nitrogen and oxygen atoms in total. The molecule has 0 fully saturated rings. The van der Waals surface area contributed by atoms with Crippen molar-refractivity contribution in [3.8, 4) is 0 Å². The lowest BCUT2D eigenvalue weighted by molar-refractivity contribution is -0.135. The fourth-order valence-corrected chi connectivity index (χ4v) is 1.44. The molecule has 7 heteroatoms. The van der Waals surface area contributed by atoms with E-state index >= 15 is 0 Å². The summed E-state index contributed by atoms with van der Waals surface area (Å²) in [4.78, 5) is 34.7. The molecule has 0 aliphatic rings. The van der Waals surface area contributed by atoms with E-state index in [2.05, 4.69) is 10.6 Å². The van der Waals surface area contributed by atoms with Gasteiger partial charge in [-0.25, -0.2) is 4.79 Å². The highest BCUT2D eigenvalue weighted by atomic mass is 16.4. The van der Waals surface area contributed by atoms with Crippen LogP contribution < -0.4 is 15.5 Å². The molecule has 0 aliphatic carbocycles. The number of nitrogens with zero attached hydrogens (tertiary/aromatic N) is 1. The molecule has 3 amide bonds. The van der Waals surface area contributed by atoms with Gasteiger partial charge in [0.2, 0.25) is 5.91 Å². The van der Waals surface area contributed by atoms with Gasteiger partial charge >= 0.3 is 12.0 Å². The molecule has 0 unspecified atom stereocenters. The molecule has 0 aromatic heterocycles. The molecule has 0 bridgehead atoms. The number of hydrogen-bond donors (Lipinski definition) is 3. The monoisotopic (exact) mass is 265 g/mol. The number of aliphatic carboxylic acids is 1. The summed E-state index contributed by atoms with van der Waals surface area (Å²) < 4.78 is 0. The summed E-state index contributed by atoms with van der Waals surface area (Å²) >= 11 is 0. The lowest BCUT2D eigenvalue weighted by Crippen LogP contribution is -2.44. The zero-order valence-corrected chi connectivity index (χ0v) is 10.4. The minimum absolute atomic E-state index is 0.219. The van der Waals surface area contributed by atoms with Crippen LogP contribution in [0.25, 0.3) is 0 Å². The zero-order valence-electron chi connectivity index (χ0n) is 10.4. The summed E-state index contributed by atoms with van der Waals surface area (Å²) in [5.41, 5.74) is 0.594. The number of rotatable bonds is 5. The van der Waals surface area contributed by atoms with E-state index in [4.69, 9.17) is 5.11 Å². The number of carbonyl (C=O) groups is 3. The molecule has 0 spiro atoms. The third-order valence-electron chi connectivity index (χ3n) is 2.26. The van der Waals surface area contributed by atoms with E-state index in [0.717, 1.165) is 0 Å². The van der Waals surface area contributed by atoms with Crippen LogP contribution in [-0.4, -0.2) is 43.2 Å². The molecule has 102 valence electrons. The second-order valence-corrected chi connectivity index (χ2v) is 3.71. The average Bonchev–Trinajstić information content (AvgIpc) is 2.38. The molecular weight excluding hydrogens is 250 g/mol. The van der Waals surface area contributed by atoms with Crippen molar-refractivity contribution in [2.24, 2.45) is 0 Å². The third-order valence-corrected chi connectivity index (χ3v) is 2.26. The number of imide groups is 1. The lowest BCUT2D eigenvalue weighted by atomic mass is 10.3. The summed E-state index contributed by atoms with van der Waals surface area (Å²) in [6, 6.07) is 8.01. The van der Waals surface area contributed by atoms with Crippen molar-refractivity contribution in [1.29, 1.82) is 0 Å². The quantitative estimate of drug-likeness (QED) is 0.697. The fourth-order valence-electron chi connectivity index (χ4n) is 1.44. The summed E-state index contributed by atoms with van der Waals surface area (Å²) in [7, 11) is 1.38. The molecule has 0 radical (unpaired) electrons. The molecule has 0 saturated carbocycles. The molecule has 0 saturated heterocycles. The van der Waals surface area contributed by atoms with E-state index in [9.17, 15) is 14.4 Å². The van der Waals surface area contributed by atoms with Gasteiger partial charge in [0.05, 0.1) is 6.54 Å². The first kappa shape index (κ1) is 14.5. The Morgan fingerprint density at radius 2 is 1.79 bits per heavy atom.